The highest BCUT2D eigenvalue weighted by Gasteiger charge is 2.24. The summed E-state index contributed by atoms with van der Waals surface area (Å²) in [5.74, 6) is 0.752. The summed E-state index contributed by atoms with van der Waals surface area (Å²) in [6.07, 6.45) is 5.27. The second-order valence-corrected chi connectivity index (χ2v) is 6.91. The minimum atomic E-state index is -0.129. The zero-order valence-electron chi connectivity index (χ0n) is 15.7. The van der Waals surface area contributed by atoms with Crippen LogP contribution in [-0.4, -0.2) is 27.3 Å². The maximum absolute atomic E-state index is 12.6. The number of H-pyrrole nitrogens is 1. The molecule has 0 aliphatic carbocycles. The van der Waals surface area contributed by atoms with E-state index in [1.165, 1.54) is 5.56 Å². The molecule has 5 heteroatoms. The summed E-state index contributed by atoms with van der Waals surface area (Å²) in [5.41, 5.74) is 3.50. The Bertz CT molecular complexity index is 824. The van der Waals surface area contributed by atoms with Gasteiger partial charge in [-0.05, 0) is 18.4 Å². The highest BCUT2D eigenvalue weighted by molar-refractivity contribution is 5.76. The first-order valence-corrected chi connectivity index (χ1v) is 9.61. The van der Waals surface area contributed by atoms with Crippen LogP contribution in [0.15, 0.2) is 29.1 Å². The first-order valence-electron chi connectivity index (χ1n) is 9.61. The van der Waals surface area contributed by atoms with Gasteiger partial charge >= 0.3 is 0 Å². The molecular formula is C21H27N3O2. The molecule has 1 aliphatic heterocycles. The van der Waals surface area contributed by atoms with Crippen LogP contribution >= 0.6 is 0 Å². The Labute approximate surface area is 154 Å². The van der Waals surface area contributed by atoms with Crippen molar-refractivity contribution < 1.29 is 4.79 Å². The zero-order chi connectivity index (χ0) is 18.5. The van der Waals surface area contributed by atoms with Crippen molar-refractivity contribution in [2.45, 2.75) is 58.9 Å². The molecule has 0 fully saturated rings. The van der Waals surface area contributed by atoms with E-state index in [4.69, 9.17) is 0 Å². The van der Waals surface area contributed by atoms with E-state index >= 15 is 0 Å². The largest absolute Gasteiger partial charge is 0.338 e. The number of amides is 1. The smallest absolute Gasteiger partial charge is 0.256 e. The van der Waals surface area contributed by atoms with Crippen molar-refractivity contribution in [3.05, 3.63) is 51.4 Å². The van der Waals surface area contributed by atoms with Crippen molar-refractivity contribution in [1.82, 2.24) is 14.9 Å². The van der Waals surface area contributed by atoms with Gasteiger partial charge in [-0.1, -0.05) is 51.0 Å². The number of carbonyl (C=O) groups is 1. The lowest BCUT2D eigenvalue weighted by molar-refractivity contribution is -0.132. The summed E-state index contributed by atoms with van der Waals surface area (Å²) in [5, 5.41) is 0. The van der Waals surface area contributed by atoms with E-state index in [1.54, 1.807) is 4.90 Å². The van der Waals surface area contributed by atoms with Crippen molar-refractivity contribution in [1.29, 1.82) is 0 Å². The zero-order valence-corrected chi connectivity index (χ0v) is 15.7. The quantitative estimate of drug-likeness (QED) is 0.809. The lowest BCUT2D eigenvalue weighted by Crippen LogP contribution is -2.39. The number of aryl methyl sites for hydroxylation is 1. The molecule has 26 heavy (non-hydrogen) atoms. The van der Waals surface area contributed by atoms with Crippen LogP contribution in [0.4, 0.5) is 0 Å². The number of hydrogen-bond donors (Lipinski definition) is 1. The number of aromatic nitrogens is 2. The van der Waals surface area contributed by atoms with Crippen LogP contribution in [0.25, 0.3) is 11.4 Å². The van der Waals surface area contributed by atoms with E-state index in [-0.39, 0.29) is 11.5 Å². The Kier molecular flexibility index (Phi) is 5.86. The third kappa shape index (κ3) is 4.03. The summed E-state index contributed by atoms with van der Waals surface area (Å²) >= 11 is 0. The van der Waals surface area contributed by atoms with Gasteiger partial charge in [0, 0.05) is 24.9 Å². The van der Waals surface area contributed by atoms with Crippen molar-refractivity contribution >= 4 is 5.91 Å². The Morgan fingerprint density at radius 2 is 1.96 bits per heavy atom. The maximum atomic E-state index is 12.6. The van der Waals surface area contributed by atoms with Crippen LogP contribution in [0.5, 0.6) is 0 Å². The molecule has 0 saturated carbocycles. The summed E-state index contributed by atoms with van der Waals surface area (Å²) in [4.78, 5) is 34.3. The highest BCUT2D eigenvalue weighted by Crippen LogP contribution is 2.20. The van der Waals surface area contributed by atoms with E-state index in [9.17, 15) is 9.59 Å². The fraction of sp³-hybridized carbons (Fsp3) is 0.476. The van der Waals surface area contributed by atoms with Gasteiger partial charge in [-0.25, -0.2) is 4.98 Å². The molecule has 0 saturated heterocycles. The van der Waals surface area contributed by atoms with Crippen molar-refractivity contribution in [2.75, 3.05) is 6.54 Å². The van der Waals surface area contributed by atoms with Crippen molar-refractivity contribution in [3.8, 4) is 11.4 Å². The SMILES string of the molecule is CCCCCC(=O)N1CCc2nc(-c3ccc(CC)cc3)[nH]c(=O)c2C1. The molecule has 0 spiro atoms. The van der Waals surface area contributed by atoms with Gasteiger partial charge in [-0.3, -0.25) is 9.59 Å². The second kappa shape index (κ2) is 8.30. The van der Waals surface area contributed by atoms with Gasteiger partial charge < -0.3 is 9.88 Å². The molecule has 1 amide bonds. The second-order valence-electron chi connectivity index (χ2n) is 6.91. The molecule has 3 rings (SSSR count). The Morgan fingerprint density at radius 3 is 2.65 bits per heavy atom. The molecular weight excluding hydrogens is 326 g/mol. The minimum Gasteiger partial charge on any atom is -0.338 e. The molecule has 1 N–H and O–H groups in total. The number of unbranched alkanes of at least 4 members (excludes halogenated alkanes) is 2. The standard InChI is InChI=1S/C21H27N3O2/c1-3-5-6-7-19(25)24-13-12-18-17(14-24)21(26)23-20(22-18)16-10-8-15(4-2)9-11-16/h8-11H,3-7,12-14H2,1-2H3,(H,22,23,26). The number of carbonyl (C=O) groups excluding carboxylic acids is 1. The summed E-state index contributed by atoms with van der Waals surface area (Å²) in [6, 6.07) is 8.11. The van der Waals surface area contributed by atoms with E-state index in [0.29, 0.717) is 37.3 Å². The lowest BCUT2D eigenvalue weighted by atomic mass is 10.0. The van der Waals surface area contributed by atoms with Gasteiger partial charge in [0.25, 0.3) is 5.56 Å². The van der Waals surface area contributed by atoms with Gasteiger partial charge in [0.1, 0.15) is 5.82 Å². The molecule has 138 valence electrons. The van der Waals surface area contributed by atoms with Crippen LogP contribution in [0, 0.1) is 0 Å². The third-order valence-electron chi connectivity index (χ3n) is 5.05. The predicted molar refractivity (Wildman–Crippen MR) is 103 cm³/mol. The van der Waals surface area contributed by atoms with E-state index in [2.05, 4.69) is 35.9 Å². The van der Waals surface area contributed by atoms with Crippen LogP contribution in [-0.2, 0) is 24.2 Å². The predicted octanol–water partition coefficient (Wildman–Crippen LogP) is 3.46. The molecule has 2 heterocycles. The van der Waals surface area contributed by atoms with Crippen LogP contribution in [0.2, 0.25) is 0 Å². The number of rotatable bonds is 6. The number of nitrogens with zero attached hydrogens (tertiary/aromatic N) is 2. The first kappa shape index (κ1) is 18.4. The molecule has 1 aromatic carbocycles. The minimum absolute atomic E-state index is 0.129. The third-order valence-corrected chi connectivity index (χ3v) is 5.05. The van der Waals surface area contributed by atoms with E-state index in [1.807, 2.05) is 12.1 Å². The lowest BCUT2D eigenvalue weighted by Gasteiger charge is -2.28. The monoisotopic (exact) mass is 353 g/mol. The maximum Gasteiger partial charge on any atom is 0.256 e. The van der Waals surface area contributed by atoms with Gasteiger partial charge in [-0.2, -0.15) is 0 Å². The average Bonchev–Trinajstić information content (AvgIpc) is 2.68. The molecule has 1 aromatic heterocycles. The van der Waals surface area contributed by atoms with Crippen molar-refractivity contribution in [3.63, 3.8) is 0 Å². The fourth-order valence-corrected chi connectivity index (χ4v) is 3.36. The summed E-state index contributed by atoms with van der Waals surface area (Å²) in [6.45, 7) is 5.25. The normalized spacial score (nSPS) is 13.5. The number of fused-ring (bicyclic) bond motifs is 1. The topological polar surface area (TPSA) is 66.1 Å². The van der Waals surface area contributed by atoms with Gasteiger partial charge in [0.2, 0.25) is 5.91 Å². The molecule has 0 unspecified atom stereocenters. The molecule has 0 radical (unpaired) electrons. The molecule has 2 aromatic rings. The summed E-state index contributed by atoms with van der Waals surface area (Å²) < 4.78 is 0. The number of benzene rings is 1. The average molecular weight is 353 g/mol. The molecule has 0 atom stereocenters. The number of aromatic amines is 1. The number of nitrogens with one attached hydrogen (secondary N) is 1. The Hall–Kier alpha value is -2.43. The number of hydrogen-bond acceptors (Lipinski definition) is 3. The van der Waals surface area contributed by atoms with Gasteiger partial charge in [-0.15, -0.1) is 0 Å². The van der Waals surface area contributed by atoms with Crippen LogP contribution in [0.1, 0.15) is 56.4 Å². The van der Waals surface area contributed by atoms with Crippen LogP contribution < -0.4 is 5.56 Å². The van der Waals surface area contributed by atoms with E-state index in [0.717, 1.165) is 36.9 Å². The molecule has 0 bridgehead atoms. The van der Waals surface area contributed by atoms with Gasteiger partial charge in [0.15, 0.2) is 0 Å². The highest BCUT2D eigenvalue weighted by atomic mass is 16.2. The van der Waals surface area contributed by atoms with Crippen LogP contribution in [0.3, 0.4) is 0 Å². The first-order chi connectivity index (χ1) is 12.6. The van der Waals surface area contributed by atoms with E-state index < -0.39 is 0 Å². The van der Waals surface area contributed by atoms with Gasteiger partial charge in [0.05, 0.1) is 17.8 Å². The Morgan fingerprint density at radius 1 is 1.19 bits per heavy atom. The Balaban J connectivity index is 1.78. The molecule has 1 aliphatic rings. The molecule has 5 nitrogen and oxygen atoms in total. The van der Waals surface area contributed by atoms with Crippen molar-refractivity contribution in [2.24, 2.45) is 0 Å². The fourth-order valence-electron chi connectivity index (χ4n) is 3.36. The summed E-state index contributed by atoms with van der Waals surface area (Å²) in [7, 11) is 0.